The second-order valence-electron chi connectivity index (χ2n) is 4.69. The predicted octanol–water partition coefficient (Wildman–Crippen LogP) is 2.04. The average Bonchev–Trinajstić information content (AvgIpc) is 2.93. The van der Waals surface area contributed by atoms with Crippen molar-refractivity contribution >= 4 is 17.3 Å². The number of aromatic nitrogens is 1. The first-order valence-electron chi connectivity index (χ1n) is 6.55. The molecule has 19 heavy (non-hydrogen) atoms. The molecule has 0 bridgehead atoms. The molecule has 7 heteroatoms. The van der Waals surface area contributed by atoms with Crippen LogP contribution in [0.4, 0.5) is 17.3 Å². The van der Waals surface area contributed by atoms with E-state index in [1.807, 2.05) is 6.92 Å². The lowest BCUT2D eigenvalue weighted by Gasteiger charge is -2.28. The highest BCUT2D eigenvalue weighted by molar-refractivity contribution is 5.56. The van der Waals surface area contributed by atoms with E-state index >= 15 is 0 Å². The number of hydrogen-bond acceptors (Lipinski definition) is 6. The average molecular weight is 265 g/mol. The van der Waals surface area contributed by atoms with Gasteiger partial charge in [0.15, 0.2) is 0 Å². The maximum absolute atomic E-state index is 10.9. The fourth-order valence-corrected chi connectivity index (χ4v) is 2.65. The molecule has 0 saturated heterocycles. The third-order valence-corrected chi connectivity index (χ3v) is 3.56. The van der Waals surface area contributed by atoms with Crippen LogP contribution >= 0.6 is 0 Å². The van der Waals surface area contributed by atoms with E-state index in [0.717, 1.165) is 19.4 Å². The molecule has 3 N–H and O–H groups in total. The van der Waals surface area contributed by atoms with Gasteiger partial charge in [-0.25, -0.2) is 10.8 Å². The van der Waals surface area contributed by atoms with Crippen LogP contribution in [0.2, 0.25) is 0 Å². The second kappa shape index (κ2) is 5.83. The molecular weight excluding hydrogens is 246 g/mol. The molecule has 1 heterocycles. The maximum atomic E-state index is 10.9. The van der Waals surface area contributed by atoms with Crippen molar-refractivity contribution < 1.29 is 4.92 Å². The highest BCUT2D eigenvalue weighted by atomic mass is 16.6. The van der Waals surface area contributed by atoms with E-state index < -0.39 is 4.92 Å². The van der Waals surface area contributed by atoms with E-state index in [0.29, 0.717) is 17.7 Å². The quantitative estimate of drug-likeness (QED) is 0.480. The van der Waals surface area contributed by atoms with E-state index in [-0.39, 0.29) is 5.69 Å². The lowest BCUT2D eigenvalue weighted by molar-refractivity contribution is -0.384. The molecule has 0 spiro atoms. The van der Waals surface area contributed by atoms with Crippen LogP contribution in [0, 0.1) is 10.1 Å². The van der Waals surface area contributed by atoms with Crippen molar-refractivity contribution in [3.8, 4) is 0 Å². The van der Waals surface area contributed by atoms with Crippen molar-refractivity contribution in [3.05, 3.63) is 22.2 Å². The van der Waals surface area contributed by atoms with Gasteiger partial charge in [0.25, 0.3) is 5.69 Å². The van der Waals surface area contributed by atoms with E-state index in [9.17, 15) is 10.1 Å². The Morgan fingerprint density at radius 3 is 2.74 bits per heavy atom. The van der Waals surface area contributed by atoms with Gasteiger partial charge in [-0.2, -0.15) is 0 Å². The van der Waals surface area contributed by atoms with Crippen LogP contribution in [0.25, 0.3) is 0 Å². The first kappa shape index (κ1) is 13.5. The number of nitrogens with one attached hydrogen (secondary N) is 1. The lowest BCUT2D eigenvalue weighted by atomic mass is 10.2. The van der Waals surface area contributed by atoms with E-state index in [4.69, 9.17) is 5.84 Å². The van der Waals surface area contributed by atoms with Crippen LogP contribution in [-0.2, 0) is 0 Å². The molecule has 1 fully saturated rings. The Bertz CT molecular complexity index is 459. The Hall–Kier alpha value is -1.89. The first-order chi connectivity index (χ1) is 9.15. The molecule has 0 unspecified atom stereocenters. The van der Waals surface area contributed by atoms with Gasteiger partial charge in [-0.1, -0.05) is 12.8 Å². The molecule has 7 nitrogen and oxygen atoms in total. The molecule has 0 amide bonds. The zero-order valence-electron chi connectivity index (χ0n) is 11.0. The zero-order valence-corrected chi connectivity index (χ0v) is 11.0. The molecule has 0 atom stereocenters. The number of rotatable bonds is 5. The van der Waals surface area contributed by atoms with E-state index in [2.05, 4.69) is 15.3 Å². The van der Waals surface area contributed by atoms with E-state index in [1.165, 1.54) is 25.0 Å². The lowest BCUT2D eigenvalue weighted by Crippen LogP contribution is -2.33. The maximum Gasteiger partial charge on any atom is 0.276 e. The van der Waals surface area contributed by atoms with Crippen LogP contribution in [0.5, 0.6) is 0 Å². The Balaban J connectivity index is 2.35. The summed E-state index contributed by atoms with van der Waals surface area (Å²) in [6.45, 7) is 2.82. The molecule has 1 saturated carbocycles. The van der Waals surface area contributed by atoms with Crippen LogP contribution in [0.1, 0.15) is 32.6 Å². The van der Waals surface area contributed by atoms with Crippen molar-refractivity contribution in [3.63, 3.8) is 0 Å². The molecule has 1 aliphatic carbocycles. The minimum atomic E-state index is -0.422. The number of nitrogen functional groups attached to an aromatic ring is 1. The largest absolute Gasteiger partial charge is 0.354 e. The summed E-state index contributed by atoms with van der Waals surface area (Å²) < 4.78 is 0. The predicted molar refractivity (Wildman–Crippen MR) is 74.0 cm³/mol. The summed E-state index contributed by atoms with van der Waals surface area (Å²) in [4.78, 5) is 17.0. The molecular formula is C12H19N5O2. The van der Waals surface area contributed by atoms with Crippen LogP contribution < -0.4 is 16.2 Å². The first-order valence-corrected chi connectivity index (χ1v) is 6.55. The smallest absolute Gasteiger partial charge is 0.276 e. The summed E-state index contributed by atoms with van der Waals surface area (Å²) in [6.07, 6.45) is 4.64. The molecule has 0 radical (unpaired) electrons. The molecule has 104 valence electrons. The minimum Gasteiger partial charge on any atom is -0.354 e. The third-order valence-electron chi connectivity index (χ3n) is 3.56. The number of hydrogen-bond donors (Lipinski definition) is 2. The summed E-state index contributed by atoms with van der Waals surface area (Å²) in [6, 6.07) is 3.28. The summed E-state index contributed by atoms with van der Waals surface area (Å²) >= 11 is 0. The SMILES string of the molecule is CCN(c1cc([N+](=O)[O-])cc(NN)n1)C1CCCC1. The van der Waals surface area contributed by atoms with Crippen LogP contribution in [0.3, 0.4) is 0 Å². The number of hydrazine groups is 1. The monoisotopic (exact) mass is 265 g/mol. The molecule has 0 aliphatic heterocycles. The highest BCUT2D eigenvalue weighted by Crippen LogP contribution is 2.30. The molecule has 1 aromatic rings. The van der Waals surface area contributed by atoms with Gasteiger partial charge >= 0.3 is 0 Å². The zero-order chi connectivity index (χ0) is 13.8. The van der Waals surface area contributed by atoms with Crippen LogP contribution in [0.15, 0.2) is 12.1 Å². The number of nitrogens with two attached hydrogens (primary N) is 1. The van der Waals surface area contributed by atoms with Crippen molar-refractivity contribution in [1.82, 2.24) is 4.98 Å². The minimum absolute atomic E-state index is 0.00870. The van der Waals surface area contributed by atoms with Gasteiger partial charge in [-0.3, -0.25) is 10.1 Å². The van der Waals surface area contributed by atoms with Crippen molar-refractivity contribution in [2.45, 2.75) is 38.6 Å². The molecule has 2 rings (SSSR count). The van der Waals surface area contributed by atoms with Gasteiger partial charge in [0.1, 0.15) is 11.6 Å². The highest BCUT2D eigenvalue weighted by Gasteiger charge is 2.24. The standard InChI is InChI=1S/C12H19N5O2/c1-2-16(9-5-3-4-6-9)12-8-10(17(18)19)7-11(14-12)15-13/h7-9H,2-6,13H2,1H3,(H,14,15). The van der Waals surface area contributed by atoms with Gasteiger partial charge < -0.3 is 10.3 Å². The normalized spacial score (nSPS) is 15.5. The fourth-order valence-electron chi connectivity index (χ4n) is 2.65. The fraction of sp³-hybridized carbons (Fsp3) is 0.583. The summed E-state index contributed by atoms with van der Waals surface area (Å²) in [5.74, 6) is 6.27. The molecule has 1 aliphatic rings. The molecule has 1 aromatic heterocycles. The van der Waals surface area contributed by atoms with Crippen LogP contribution in [-0.4, -0.2) is 22.5 Å². The van der Waals surface area contributed by atoms with Gasteiger partial charge in [0.05, 0.1) is 17.1 Å². The summed E-state index contributed by atoms with van der Waals surface area (Å²) in [7, 11) is 0. The van der Waals surface area contributed by atoms with Crippen molar-refractivity contribution in [1.29, 1.82) is 0 Å². The Labute approximate surface area is 111 Å². The van der Waals surface area contributed by atoms with Crippen molar-refractivity contribution in [2.75, 3.05) is 16.9 Å². The molecule has 0 aromatic carbocycles. The number of nitrogens with zero attached hydrogens (tertiary/aromatic N) is 3. The van der Waals surface area contributed by atoms with Gasteiger partial charge in [-0.15, -0.1) is 0 Å². The topological polar surface area (TPSA) is 97.3 Å². The van der Waals surface area contributed by atoms with Gasteiger partial charge in [-0.05, 0) is 19.8 Å². The Morgan fingerprint density at radius 2 is 2.21 bits per heavy atom. The summed E-state index contributed by atoms with van der Waals surface area (Å²) in [5.41, 5.74) is 2.40. The summed E-state index contributed by atoms with van der Waals surface area (Å²) in [5, 5.41) is 10.9. The Morgan fingerprint density at radius 1 is 1.53 bits per heavy atom. The third kappa shape index (κ3) is 2.93. The van der Waals surface area contributed by atoms with E-state index in [1.54, 1.807) is 0 Å². The number of pyridine rings is 1. The van der Waals surface area contributed by atoms with Gasteiger partial charge in [0.2, 0.25) is 0 Å². The van der Waals surface area contributed by atoms with Crippen molar-refractivity contribution in [2.24, 2.45) is 5.84 Å². The number of anilines is 2. The van der Waals surface area contributed by atoms with Gasteiger partial charge in [0, 0.05) is 12.6 Å². The number of nitro groups is 1. The second-order valence-corrected chi connectivity index (χ2v) is 4.69. The Kier molecular flexibility index (Phi) is 4.16.